The maximum atomic E-state index is 14.6. The molecule has 2 atom stereocenters. The van der Waals surface area contributed by atoms with Crippen LogP contribution in [0.4, 0.5) is 36.6 Å². The van der Waals surface area contributed by atoms with Gasteiger partial charge in [-0.05, 0) is 12.1 Å². The second kappa shape index (κ2) is 10.3. The molecule has 1 amide bonds. The number of carbonyl (C=O) groups excluding carboxylic acids is 1. The summed E-state index contributed by atoms with van der Waals surface area (Å²) >= 11 is 0. The number of pyridine rings is 1. The normalized spacial score (nSPS) is 18.8. The van der Waals surface area contributed by atoms with Crippen LogP contribution >= 0.6 is 0 Å². The van der Waals surface area contributed by atoms with Crippen LogP contribution in [0.3, 0.4) is 0 Å². The van der Waals surface area contributed by atoms with Crippen LogP contribution in [-0.4, -0.2) is 82.6 Å². The summed E-state index contributed by atoms with van der Waals surface area (Å²) < 4.78 is 124. The summed E-state index contributed by atoms with van der Waals surface area (Å²) in [4.78, 5) is 20.6. The minimum absolute atomic E-state index is 0.0471. The number of fused-ring (bicyclic) bond motifs is 1. The topological polar surface area (TPSA) is 145 Å². The van der Waals surface area contributed by atoms with E-state index in [9.17, 15) is 43.9 Å². The van der Waals surface area contributed by atoms with Crippen molar-refractivity contribution in [3.8, 4) is 17.1 Å². The van der Waals surface area contributed by atoms with Crippen molar-refractivity contribution in [2.24, 2.45) is 0 Å². The van der Waals surface area contributed by atoms with E-state index in [0.717, 1.165) is 36.3 Å². The summed E-state index contributed by atoms with van der Waals surface area (Å²) in [5.41, 5.74) is 3.38. The van der Waals surface area contributed by atoms with Gasteiger partial charge in [0, 0.05) is 24.8 Å². The van der Waals surface area contributed by atoms with Crippen molar-refractivity contribution in [3.63, 3.8) is 0 Å². The minimum Gasteiger partial charge on any atom is -0.480 e. The molecule has 3 aromatic heterocycles. The van der Waals surface area contributed by atoms with E-state index in [0.29, 0.717) is 4.31 Å². The zero-order valence-electron chi connectivity index (χ0n) is 20.3. The first-order valence-electron chi connectivity index (χ1n) is 11.2. The Morgan fingerprint density at radius 2 is 1.88 bits per heavy atom. The van der Waals surface area contributed by atoms with Crippen LogP contribution in [0.1, 0.15) is 22.3 Å². The maximum absolute atomic E-state index is 14.6. The van der Waals surface area contributed by atoms with Gasteiger partial charge in [0.15, 0.2) is 5.82 Å². The Kier molecular flexibility index (Phi) is 7.56. The van der Waals surface area contributed by atoms with Crippen molar-refractivity contribution in [3.05, 3.63) is 35.8 Å². The van der Waals surface area contributed by atoms with Gasteiger partial charge in [-0.1, -0.05) is 0 Å². The Hall–Kier alpha value is -3.74. The number of rotatable bonds is 7. The van der Waals surface area contributed by atoms with Gasteiger partial charge in [0.1, 0.15) is 23.6 Å². The van der Waals surface area contributed by atoms with Crippen LogP contribution < -0.4 is 15.8 Å². The number of methoxy groups -OCH3 is 1. The molecule has 0 aromatic carbocycles. The molecule has 0 saturated carbocycles. The van der Waals surface area contributed by atoms with Gasteiger partial charge in [-0.3, -0.25) is 4.79 Å². The molecule has 1 saturated heterocycles. The molecule has 0 unspecified atom stereocenters. The first-order chi connectivity index (χ1) is 18.5. The fourth-order valence-electron chi connectivity index (χ4n) is 4.12. The fraction of sp³-hybridized carbons (Fsp3) is 0.429. The van der Waals surface area contributed by atoms with Gasteiger partial charge < -0.3 is 15.8 Å². The lowest BCUT2D eigenvalue weighted by atomic mass is 10.1. The molecule has 3 N–H and O–H groups in total. The monoisotopic (exact) mass is 599 g/mol. The second-order valence-corrected chi connectivity index (χ2v) is 10.8. The van der Waals surface area contributed by atoms with Crippen molar-refractivity contribution in [2.75, 3.05) is 31.7 Å². The third-order valence-electron chi connectivity index (χ3n) is 6.04. The lowest BCUT2D eigenvalue weighted by Crippen LogP contribution is -2.42. The lowest BCUT2D eigenvalue weighted by Gasteiger charge is -2.18. The molecule has 0 aliphatic carbocycles. The van der Waals surface area contributed by atoms with Crippen LogP contribution in [0.25, 0.3) is 16.8 Å². The molecule has 1 aliphatic rings. The van der Waals surface area contributed by atoms with Crippen molar-refractivity contribution in [1.29, 1.82) is 0 Å². The first kappa shape index (κ1) is 29.2. The highest BCUT2D eigenvalue weighted by atomic mass is 32.2. The van der Waals surface area contributed by atoms with Crippen molar-refractivity contribution >= 4 is 27.3 Å². The Balaban J connectivity index is 1.63. The fourth-order valence-corrected chi connectivity index (χ4v) is 5.63. The number of nitrogen functional groups attached to an aromatic ring is 1. The predicted molar refractivity (Wildman–Crippen MR) is 124 cm³/mol. The molecule has 11 nitrogen and oxygen atoms in total. The Bertz CT molecular complexity index is 1540. The number of amides is 1. The molecule has 0 spiro atoms. The number of carbonyl (C=O) groups is 1. The van der Waals surface area contributed by atoms with E-state index >= 15 is 0 Å². The smallest absolute Gasteiger partial charge is 0.418 e. The van der Waals surface area contributed by atoms with E-state index in [2.05, 4.69) is 20.4 Å². The highest BCUT2D eigenvalue weighted by molar-refractivity contribution is 7.89. The molecule has 19 heteroatoms. The number of sulfonamides is 1. The number of nitrogens with one attached hydrogen (secondary N) is 1. The molecule has 0 radical (unpaired) electrons. The largest absolute Gasteiger partial charge is 0.480 e. The average Bonchev–Trinajstić information content (AvgIpc) is 3.44. The van der Waals surface area contributed by atoms with E-state index in [1.165, 1.54) is 0 Å². The first-order valence-corrected chi connectivity index (χ1v) is 12.9. The van der Waals surface area contributed by atoms with Gasteiger partial charge >= 0.3 is 12.4 Å². The van der Waals surface area contributed by atoms with Gasteiger partial charge in [-0.15, -0.1) is 0 Å². The standard InChI is InChI=1S/C21H20F7N7O4S/c1-39-19-11(18(36)33-14-8-34(7-13(14)22)40(37,38)3-2-20(23,24)25)4-10(6-30-19)15-5-12(21(26,27)28)16-17(29)31-9-32-35(15)16/h4-6,9,13-14H,2-3,7-8H2,1H3,(H,33,36)(H2,29,31,32)/t13-,14+/m0/s1. The summed E-state index contributed by atoms with van der Waals surface area (Å²) in [5.74, 6) is -3.07. The second-order valence-electron chi connectivity index (χ2n) is 8.72. The molecule has 1 aliphatic heterocycles. The van der Waals surface area contributed by atoms with E-state index in [4.69, 9.17) is 10.5 Å². The Labute approximate surface area is 221 Å². The van der Waals surface area contributed by atoms with Crippen LogP contribution in [0.5, 0.6) is 5.88 Å². The minimum atomic E-state index is -4.84. The third-order valence-corrected chi connectivity index (χ3v) is 7.85. The number of hydrogen-bond donors (Lipinski definition) is 2. The Morgan fingerprint density at radius 3 is 2.50 bits per heavy atom. The number of nitrogens with two attached hydrogens (primary N) is 1. The molecular formula is C21H20F7N7O4S. The molecule has 40 heavy (non-hydrogen) atoms. The van der Waals surface area contributed by atoms with Gasteiger partial charge in [0.2, 0.25) is 15.9 Å². The molecule has 1 fully saturated rings. The van der Waals surface area contributed by atoms with Crippen molar-refractivity contribution < 1.29 is 48.7 Å². The van der Waals surface area contributed by atoms with Crippen LogP contribution in [0, 0.1) is 0 Å². The number of alkyl halides is 7. The zero-order chi connectivity index (χ0) is 29.6. The van der Waals surface area contributed by atoms with Gasteiger partial charge in [0.25, 0.3) is 5.91 Å². The maximum Gasteiger partial charge on any atom is 0.418 e. The summed E-state index contributed by atoms with van der Waals surface area (Å²) in [6, 6.07) is 0.380. The molecule has 4 heterocycles. The molecule has 0 bridgehead atoms. The number of anilines is 1. The number of halogens is 7. The van der Waals surface area contributed by atoms with Crippen molar-refractivity contribution in [1.82, 2.24) is 29.2 Å². The third kappa shape index (κ3) is 5.88. The molecular weight excluding hydrogens is 579 g/mol. The summed E-state index contributed by atoms with van der Waals surface area (Å²) in [6.45, 7) is -1.42. The zero-order valence-corrected chi connectivity index (χ0v) is 21.1. The summed E-state index contributed by atoms with van der Waals surface area (Å²) in [6.07, 6.45) is -11.2. The van der Waals surface area contributed by atoms with Crippen LogP contribution in [0.2, 0.25) is 0 Å². The van der Waals surface area contributed by atoms with E-state index in [-0.39, 0.29) is 22.7 Å². The van der Waals surface area contributed by atoms with E-state index in [1.54, 1.807) is 0 Å². The van der Waals surface area contributed by atoms with E-state index in [1.807, 2.05) is 0 Å². The van der Waals surface area contributed by atoms with Crippen LogP contribution in [-0.2, 0) is 16.2 Å². The van der Waals surface area contributed by atoms with Gasteiger partial charge in [-0.2, -0.15) is 35.7 Å². The number of hydrogen-bond acceptors (Lipinski definition) is 8. The van der Waals surface area contributed by atoms with Gasteiger partial charge in [-0.25, -0.2) is 27.3 Å². The van der Waals surface area contributed by atoms with Gasteiger partial charge in [0.05, 0.1) is 36.6 Å². The number of aromatic nitrogens is 4. The highest BCUT2D eigenvalue weighted by Gasteiger charge is 2.42. The van der Waals surface area contributed by atoms with E-state index < -0.39 is 82.7 Å². The van der Waals surface area contributed by atoms with Crippen molar-refractivity contribution in [2.45, 2.75) is 31.0 Å². The quantitative estimate of drug-likeness (QED) is 0.394. The molecule has 3 aromatic rings. The number of ether oxygens (including phenoxy) is 1. The lowest BCUT2D eigenvalue weighted by molar-refractivity contribution is -0.136. The molecule has 4 rings (SSSR count). The highest BCUT2D eigenvalue weighted by Crippen LogP contribution is 2.39. The molecule has 218 valence electrons. The number of nitrogens with zero attached hydrogens (tertiary/aromatic N) is 5. The summed E-state index contributed by atoms with van der Waals surface area (Å²) in [5, 5.41) is 6.06. The predicted octanol–water partition coefficient (Wildman–Crippen LogP) is 2.44. The van der Waals surface area contributed by atoms with Crippen LogP contribution in [0.15, 0.2) is 24.7 Å². The average molecular weight is 599 g/mol. The summed E-state index contributed by atoms with van der Waals surface area (Å²) in [7, 11) is -3.34. The Morgan fingerprint density at radius 1 is 1.18 bits per heavy atom. The SMILES string of the molecule is COc1ncc(-c2cc(C(F)(F)F)c3c(N)ncnn23)cc1C(=O)N[C@@H]1CN(S(=O)(=O)CCC(F)(F)F)C[C@@H]1F.